The van der Waals surface area contributed by atoms with Crippen LogP contribution in [0.5, 0.6) is 5.75 Å². The van der Waals surface area contributed by atoms with Crippen molar-refractivity contribution in [3.8, 4) is 5.75 Å². The van der Waals surface area contributed by atoms with Gasteiger partial charge in [0, 0.05) is 5.75 Å². The van der Waals surface area contributed by atoms with Gasteiger partial charge in [-0.25, -0.2) is 0 Å². The summed E-state index contributed by atoms with van der Waals surface area (Å²) in [5, 5.41) is 10.00. The van der Waals surface area contributed by atoms with Crippen molar-refractivity contribution in [1.29, 1.82) is 0 Å². The van der Waals surface area contributed by atoms with Crippen LogP contribution in [0.4, 0.5) is 0 Å². The van der Waals surface area contributed by atoms with Gasteiger partial charge < -0.3 is 5.11 Å². The number of aromatic hydroxyl groups is 1. The summed E-state index contributed by atoms with van der Waals surface area (Å²) < 4.78 is 0. The van der Waals surface area contributed by atoms with E-state index < -0.39 is 0 Å². The van der Waals surface area contributed by atoms with Crippen LogP contribution in [-0.2, 0) is 5.75 Å². The molecule has 0 aliphatic rings. The van der Waals surface area contributed by atoms with Gasteiger partial charge in [0.2, 0.25) is 0 Å². The summed E-state index contributed by atoms with van der Waals surface area (Å²) in [6.45, 7) is 1.46. The Morgan fingerprint density at radius 1 is 1.11 bits per heavy atom. The molecule has 0 fully saturated rings. The Morgan fingerprint density at radius 3 is 2.50 bits per heavy atom. The van der Waals surface area contributed by atoms with Crippen molar-refractivity contribution in [1.82, 2.24) is 0 Å². The summed E-state index contributed by atoms with van der Waals surface area (Å²) in [6, 6.07) is 15.3. The quantitative estimate of drug-likeness (QED) is 0.668. The summed E-state index contributed by atoms with van der Waals surface area (Å²) in [4.78, 5) is 12.1. The normalized spacial score (nSPS) is 10.3. The van der Waals surface area contributed by atoms with Crippen molar-refractivity contribution < 1.29 is 9.90 Å². The van der Waals surface area contributed by atoms with Crippen LogP contribution in [0.3, 0.4) is 0 Å². The lowest BCUT2D eigenvalue weighted by atomic mass is 10.1. The first kappa shape index (κ1) is 12.7. The molecule has 0 saturated carbocycles. The highest BCUT2D eigenvalue weighted by atomic mass is 32.2. The number of phenolic OH excluding ortho intramolecular Hbond substituents is 1. The molecule has 0 aromatic heterocycles. The minimum absolute atomic E-state index is 0.0888. The van der Waals surface area contributed by atoms with Crippen molar-refractivity contribution in [2.24, 2.45) is 0 Å². The maximum absolute atomic E-state index is 11.3. The molecule has 0 radical (unpaired) electrons. The second-order valence-electron chi connectivity index (χ2n) is 3.98. The summed E-state index contributed by atoms with van der Waals surface area (Å²) in [7, 11) is 0. The number of ketones is 1. The number of carbonyl (C=O) groups is 1. The summed E-state index contributed by atoms with van der Waals surface area (Å²) in [5.74, 6) is 0.746. The van der Waals surface area contributed by atoms with Crippen LogP contribution < -0.4 is 0 Å². The van der Waals surface area contributed by atoms with Crippen LogP contribution in [0.1, 0.15) is 22.8 Å². The fourth-order valence-corrected chi connectivity index (χ4v) is 2.59. The zero-order chi connectivity index (χ0) is 13.0. The Labute approximate surface area is 111 Å². The number of carbonyl (C=O) groups excluding carboxylic acids is 1. The zero-order valence-electron chi connectivity index (χ0n) is 10.1. The monoisotopic (exact) mass is 258 g/mol. The van der Waals surface area contributed by atoms with E-state index in [1.807, 2.05) is 36.4 Å². The van der Waals surface area contributed by atoms with E-state index in [1.165, 1.54) is 24.2 Å². The molecule has 92 valence electrons. The predicted molar refractivity (Wildman–Crippen MR) is 74.1 cm³/mol. The van der Waals surface area contributed by atoms with E-state index in [0.717, 1.165) is 10.6 Å². The molecule has 2 aromatic carbocycles. The fraction of sp³-hybridized carbons (Fsp3) is 0.133. The lowest BCUT2D eigenvalue weighted by Crippen LogP contribution is -1.93. The third kappa shape index (κ3) is 2.93. The van der Waals surface area contributed by atoms with Crippen molar-refractivity contribution in [2.45, 2.75) is 17.6 Å². The van der Waals surface area contributed by atoms with E-state index in [9.17, 15) is 9.90 Å². The van der Waals surface area contributed by atoms with Crippen molar-refractivity contribution in [3.63, 3.8) is 0 Å². The molecular weight excluding hydrogens is 244 g/mol. The van der Waals surface area contributed by atoms with E-state index in [0.29, 0.717) is 5.56 Å². The molecule has 0 unspecified atom stereocenters. The molecule has 0 aliphatic carbocycles. The number of para-hydroxylation sites is 1. The number of phenols is 1. The molecule has 0 aliphatic heterocycles. The molecule has 2 aromatic rings. The Bertz CT molecular complexity index is 550. The molecule has 2 nitrogen and oxygen atoms in total. The van der Waals surface area contributed by atoms with E-state index in [-0.39, 0.29) is 11.5 Å². The standard InChI is InChI=1S/C15H14O2S/c1-11(16)13-8-5-9-14(15(13)17)18-10-12-6-3-2-4-7-12/h2-9,17H,10H2,1H3. The molecule has 18 heavy (non-hydrogen) atoms. The van der Waals surface area contributed by atoms with E-state index in [4.69, 9.17) is 0 Å². The molecule has 0 atom stereocenters. The second kappa shape index (κ2) is 5.74. The Hall–Kier alpha value is -1.74. The topological polar surface area (TPSA) is 37.3 Å². The zero-order valence-corrected chi connectivity index (χ0v) is 10.9. The van der Waals surface area contributed by atoms with Gasteiger partial charge in [0.15, 0.2) is 5.78 Å². The van der Waals surface area contributed by atoms with Gasteiger partial charge in [0.05, 0.1) is 10.5 Å². The SMILES string of the molecule is CC(=O)c1cccc(SCc2ccccc2)c1O. The predicted octanol–water partition coefficient (Wildman–Crippen LogP) is 3.89. The Balaban J connectivity index is 2.15. The average molecular weight is 258 g/mol. The molecule has 1 N–H and O–H groups in total. The van der Waals surface area contributed by atoms with Gasteiger partial charge >= 0.3 is 0 Å². The van der Waals surface area contributed by atoms with Gasteiger partial charge in [-0.1, -0.05) is 36.4 Å². The summed E-state index contributed by atoms with van der Waals surface area (Å²) in [6.07, 6.45) is 0. The number of thioether (sulfide) groups is 1. The van der Waals surface area contributed by atoms with Crippen LogP contribution in [0, 0.1) is 0 Å². The van der Waals surface area contributed by atoms with Crippen molar-refractivity contribution in [3.05, 3.63) is 59.7 Å². The van der Waals surface area contributed by atoms with Crippen LogP contribution in [0.2, 0.25) is 0 Å². The molecule has 0 bridgehead atoms. The lowest BCUT2D eigenvalue weighted by Gasteiger charge is -2.07. The number of rotatable bonds is 4. The van der Waals surface area contributed by atoms with Crippen molar-refractivity contribution in [2.75, 3.05) is 0 Å². The number of hydrogen-bond acceptors (Lipinski definition) is 3. The smallest absolute Gasteiger partial charge is 0.163 e. The van der Waals surface area contributed by atoms with Gasteiger partial charge in [-0.15, -0.1) is 11.8 Å². The van der Waals surface area contributed by atoms with E-state index in [2.05, 4.69) is 0 Å². The van der Waals surface area contributed by atoms with Crippen LogP contribution in [0.25, 0.3) is 0 Å². The maximum Gasteiger partial charge on any atom is 0.163 e. The highest BCUT2D eigenvalue weighted by molar-refractivity contribution is 7.98. The van der Waals surface area contributed by atoms with Gasteiger partial charge in [-0.05, 0) is 24.6 Å². The van der Waals surface area contributed by atoms with Crippen molar-refractivity contribution >= 4 is 17.5 Å². The molecule has 0 spiro atoms. The Morgan fingerprint density at radius 2 is 1.83 bits per heavy atom. The first-order chi connectivity index (χ1) is 8.68. The third-order valence-electron chi connectivity index (χ3n) is 2.62. The highest BCUT2D eigenvalue weighted by Gasteiger charge is 2.10. The van der Waals surface area contributed by atoms with Gasteiger partial charge in [0.25, 0.3) is 0 Å². The highest BCUT2D eigenvalue weighted by Crippen LogP contribution is 2.33. The second-order valence-corrected chi connectivity index (χ2v) is 5.00. The van der Waals surface area contributed by atoms with Gasteiger partial charge in [0.1, 0.15) is 5.75 Å². The minimum atomic E-state index is -0.116. The number of Topliss-reactive ketones (excluding diaryl/α,β-unsaturated/α-hetero) is 1. The minimum Gasteiger partial charge on any atom is -0.506 e. The summed E-state index contributed by atoms with van der Waals surface area (Å²) >= 11 is 1.53. The van der Waals surface area contributed by atoms with E-state index in [1.54, 1.807) is 12.1 Å². The largest absolute Gasteiger partial charge is 0.506 e. The molecule has 0 amide bonds. The van der Waals surface area contributed by atoms with Crippen LogP contribution >= 0.6 is 11.8 Å². The van der Waals surface area contributed by atoms with E-state index >= 15 is 0 Å². The summed E-state index contributed by atoms with van der Waals surface area (Å²) in [5.41, 5.74) is 1.57. The van der Waals surface area contributed by atoms with Crippen LogP contribution in [-0.4, -0.2) is 10.9 Å². The first-order valence-electron chi connectivity index (χ1n) is 5.68. The molecule has 0 saturated heterocycles. The van der Waals surface area contributed by atoms with Gasteiger partial charge in [-0.3, -0.25) is 4.79 Å². The van der Waals surface area contributed by atoms with Crippen LogP contribution in [0.15, 0.2) is 53.4 Å². The molecular formula is C15H14O2S. The number of benzene rings is 2. The molecule has 2 rings (SSSR count). The fourth-order valence-electron chi connectivity index (χ4n) is 1.66. The Kier molecular flexibility index (Phi) is 4.05. The van der Waals surface area contributed by atoms with Gasteiger partial charge in [-0.2, -0.15) is 0 Å². The first-order valence-corrected chi connectivity index (χ1v) is 6.66. The third-order valence-corrected chi connectivity index (χ3v) is 3.73. The molecule has 3 heteroatoms. The maximum atomic E-state index is 11.3. The lowest BCUT2D eigenvalue weighted by molar-refractivity contribution is 0.101. The average Bonchev–Trinajstić information content (AvgIpc) is 2.38. The number of hydrogen-bond donors (Lipinski definition) is 1. The molecule has 0 heterocycles.